The third kappa shape index (κ3) is 5.57. The molecule has 0 aliphatic rings. The lowest BCUT2D eigenvalue weighted by atomic mass is 10.1. The summed E-state index contributed by atoms with van der Waals surface area (Å²) in [4.78, 5) is 34.3. The van der Waals surface area contributed by atoms with Crippen LogP contribution >= 0.6 is 11.6 Å². The number of carboxylic acid groups (broad SMARTS) is 1. The largest absolute Gasteiger partial charge is 0.480 e. The molecule has 0 spiro atoms. The van der Waals surface area contributed by atoms with Gasteiger partial charge in [-0.1, -0.05) is 29.8 Å². The zero-order valence-corrected chi connectivity index (χ0v) is 12.7. The summed E-state index contributed by atoms with van der Waals surface area (Å²) in [5.41, 5.74) is 0.185. The molecular weight excluding hydrogens is 310 g/mol. The number of hydrogen-bond acceptors (Lipinski definition) is 4. The molecule has 22 heavy (non-hydrogen) atoms. The van der Waals surface area contributed by atoms with Crippen LogP contribution in [0.15, 0.2) is 36.4 Å². The smallest absolute Gasteiger partial charge is 0.330 e. The van der Waals surface area contributed by atoms with Crippen molar-refractivity contribution in [3.8, 4) is 0 Å². The molecule has 0 unspecified atom stereocenters. The van der Waals surface area contributed by atoms with E-state index in [1.807, 2.05) is 0 Å². The van der Waals surface area contributed by atoms with Gasteiger partial charge in [0.2, 0.25) is 0 Å². The van der Waals surface area contributed by atoms with E-state index in [2.05, 4.69) is 10.1 Å². The summed E-state index contributed by atoms with van der Waals surface area (Å²) in [5.74, 6) is -2.37. The van der Waals surface area contributed by atoms with Crippen LogP contribution in [0.2, 0.25) is 5.02 Å². The lowest BCUT2D eigenvalue weighted by Crippen LogP contribution is -2.40. The first kappa shape index (κ1) is 17.7. The summed E-state index contributed by atoms with van der Waals surface area (Å²) >= 11 is 5.88. The normalized spacial score (nSPS) is 11.9. The van der Waals surface area contributed by atoms with Crippen LogP contribution in [0, 0.1) is 0 Å². The standard InChI is InChI=1S/C15H16ClNO5/c1-2-22-13(18)9-5-8-12(15(20)21)17-14(19)10-6-3-4-7-11(10)16/h3-7,9,12H,2,8H2,1H3,(H,17,19)(H,20,21)/b9-5+/t12-/m0/s1. The molecule has 1 aromatic carbocycles. The van der Waals surface area contributed by atoms with Gasteiger partial charge in [-0.3, -0.25) is 4.79 Å². The second-order valence-corrected chi connectivity index (χ2v) is 4.64. The highest BCUT2D eigenvalue weighted by Gasteiger charge is 2.20. The van der Waals surface area contributed by atoms with Crippen LogP contribution in [0.4, 0.5) is 0 Å². The van der Waals surface area contributed by atoms with Gasteiger partial charge >= 0.3 is 11.9 Å². The molecule has 0 saturated carbocycles. The number of ether oxygens (including phenoxy) is 1. The molecule has 1 aromatic rings. The molecule has 1 atom stereocenters. The van der Waals surface area contributed by atoms with Crippen molar-refractivity contribution in [1.29, 1.82) is 0 Å². The lowest BCUT2D eigenvalue weighted by Gasteiger charge is -2.13. The molecule has 0 aliphatic carbocycles. The van der Waals surface area contributed by atoms with Gasteiger partial charge in [0.05, 0.1) is 17.2 Å². The first-order valence-corrected chi connectivity index (χ1v) is 6.95. The predicted molar refractivity (Wildman–Crippen MR) is 80.7 cm³/mol. The van der Waals surface area contributed by atoms with E-state index in [0.717, 1.165) is 6.08 Å². The third-order valence-corrected chi connectivity index (χ3v) is 2.96. The Kier molecular flexibility index (Phi) is 7.12. The molecule has 0 fully saturated rings. The number of nitrogens with one attached hydrogen (secondary N) is 1. The quantitative estimate of drug-likeness (QED) is 0.591. The molecule has 1 amide bonds. The third-order valence-electron chi connectivity index (χ3n) is 2.63. The van der Waals surface area contributed by atoms with Gasteiger partial charge in [-0.15, -0.1) is 0 Å². The van der Waals surface area contributed by atoms with Crippen LogP contribution < -0.4 is 5.32 Å². The van der Waals surface area contributed by atoms with E-state index in [1.165, 1.54) is 18.2 Å². The molecule has 2 N–H and O–H groups in total. The van der Waals surface area contributed by atoms with Crippen LogP contribution in [0.25, 0.3) is 0 Å². The van der Waals surface area contributed by atoms with E-state index >= 15 is 0 Å². The van der Waals surface area contributed by atoms with Gasteiger partial charge < -0.3 is 15.2 Å². The fraction of sp³-hybridized carbons (Fsp3) is 0.267. The highest BCUT2D eigenvalue weighted by Crippen LogP contribution is 2.15. The van der Waals surface area contributed by atoms with Gasteiger partial charge in [0, 0.05) is 6.08 Å². The average Bonchev–Trinajstić information content (AvgIpc) is 2.46. The summed E-state index contributed by atoms with van der Waals surface area (Å²) in [5, 5.41) is 11.7. The summed E-state index contributed by atoms with van der Waals surface area (Å²) in [6.45, 7) is 1.89. The van der Waals surface area contributed by atoms with Crippen molar-refractivity contribution in [3.63, 3.8) is 0 Å². The number of carboxylic acids is 1. The Morgan fingerprint density at radius 1 is 1.36 bits per heavy atom. The molecule has 1 rings (SSSR count). The van der Waals surface area contributed by atoms with Crippen LogP contribution in [-0.4, -0.2) is 35.6 Å². The number of carbonyl (C=O) groups is 3. The van der Waals surface area contributed by atoms with Crippen LogP contribution in [0.5, 0.6) is 0 Å². The van der Waals surface area contributed by atoms with Crippen molar-refractivity contribution in [2.75, 3.05) is 6.61 Å². The Morgan fingerprint density at radius 2 is 2.05 bits per heavy atom. The van der Waals surface area contributed by atoms with E-state index < -0.39 is 23.9 Å². The topological polar surface area (TPSA) is 92.7 Å². The van der Waals surface area contributed by atoms with E-state index in [-0.39, 0.29) is 23.6 Å². The summed E-state index contributed by atoms with van der Waals surface area (Å²) in [7, 11) is 0. The van der Waals surface area contributed by atoms with Crippen molar-refractivity contribution < 1.29 is 24.2 Å². The summed E-state index contributed by atoms with van der Waals surface area (Å²) in [6, 6.07) is 5.14. The monoisotopic (exact) mass is 325 g/mol. The Balaban J connectivity index is 2.69. The number of halogens is 1. The second-order valence-electron chi connectivity index (χ2n) is 4.23. The Hall–Kier alpha value is -2.34. The van der Waals surface area contributed by atoms with Crippen molar-refractivity contribution in [2.45, 2.75) is 19.4 Å². The maximum atomic E-state index is 12.0. The minimum atomic E-state index is -1.21. The molecule has 0 heterocycles. The molecule has 0 radical (unpaired) electrons. The molecular formula is C15H16ClNO5. The second kappa shape index (κ2) is 8.84. The molecule has 7 heteroatoms. The number of aliphatic carboxylic acids is 1. The highest BCUT2D eigenvalue weighted by molar-refractivity contribution is 6.33. The minimum Gasteiger partial charge on any atom is -0.480 e. The Labute approximate surface area is 132 Å². The first-order valence-electron chi connectivity index (χ1n) is 6.57. The van der Waals surface area contributed by atoms with E-state index in [1.54, 1.807) is 19.1 Å². The summed E-state index contributed by atoms with van der Waals surface area (Å²) in [6.07, 6.45) is 2.41. The molecule has 0 aromatic heterocycles. The minimum absolute atomic E-state index is 0.0512. The van der Waals surface area contributed by atoms with Crippen molar-refractivity contribution in [3.05, 3.63) is 47.0 Å². The highest BCUT2D eigenvalue weighted by atomic mass is 35.5. The van der Waals surface area contributed by atoms with Crippen molar-refractivity contribution >= 4 is 29.4 Å². The van der Waals surface area contributed by atoms with Gasteiger partial charge in [-0.05, 0) is 25.5 Å². The predicted octanol–water partition coefficient (Wildman–Crippen LogP) is 2.03. The van der Waals surface area contributed by atoms with Gasteiger partial charge in [0.15, 0.2) is 0 Å². The van der Waals surface area contributed by atoms with Gasteiger partial charge in [0.25, 0.3) is 5.91 Å². The number of amides is 1. The molecule has 0 saturated heterocycles. The Morgan fingerprint density at radius 3 is 2.64 bits per heavy atom. The fourth-order valence-electron chi connectivity index (χ4n) is 1.59. The lowest BCUT2D eigenvalue weighted by molar-refractivity contribution is -0.139. The zero-order chi connectivity index (χ0) is 16.5. The first-order chi connectivity index (χ1) is 10.5. The number of carbonyl (C=O) groups excluding carboxylic acids is 2. The van der Waals surface area contributed by atoms with Crippen molar-refractivity contribution in [2.24, 2.45) is 0 Å². The average molecular weight is 326 g/mol. The summed E-state index contributed by atoms with van der Waals surface area (Å²) < 4.78 is 4.67. The maximum Gasteiger partial charge on any atom is 0.330 e. The maximum absolute atomic E-state index is 12.0. The van der Waals surface area contributed by atoms with E-state index in [9.17, 15) is 14.4 Å². The molecule has 0 bridgehead atoms. The number of rotatable bonds is 7. The molecule has 118 valence electrons. The SMILES string of the molecule is CCOC(=O)/C=C/C[C@H](NC(=O)c1ccccc1Cl)C(=O)O. The Bertz CT molecular complexity index is 585. The van der Waals surface area contributed by atoms with Crippen LogP contribution in [0.3, 0.4) is 0 Å². The fourth-order valence-corrected chi connectivity index (χ4v) is 1.82. The molecule has 0 aliphatic heterocycles. The number of benzene rings is 1. The van der Waals surface area contributed by atoms with Crippen molar-refractivity contribution in [1.82, 2.24) is 5.32 Å². The number of hydrogen-bond donors (Lipinski definition) is 2. The number of esters is 1. The van der Waals surface area contributed by atoms with Gasteiger partial charge in [-0.2, -0.15) is 0 Å². The van der Waals surface area contributed by atoms with Gasteiger partial charge in [0.1, 0.15) is 6.04 Å². The van der Waals surface area contributed by atoms with Crippen LogP contribution in [-0.2, 0) is 14.3 Å². The van der Waals surface area contributed by atoms with E-state index in [0.29, 0.717) is 0 Å². The van der Waals surface area contributed by atoms with Gasteiger partial charge in [-0.25, -0.2) is 9.59 Å². The molecule has 6 nitrogen and oxygen atoms in total. The van der Waals surface area contributed by atoms with Crippen LogP contribution in [0.1, 0.15) is 23.7 Å². The van der Waals surface area contributed by atoms with E-state index in [4.69, 9.17) is 16.7 Å². The zero-order valence-electron chi connectivity index (χ0n) is 11.9.